The van der Waals surface area contributed by atoms with Crippen LogP contribution in [0.4, 0.5) is 10.5 Å². The molecule has 2 aromatic heterocycles. The zero-order chi connectivity index (χ0) is 23.8. The summed E-state index contributed by atoms with van der Waals surface area (Å²) < 4.78 is 12.4. The Hall–Kier alpha value is -3.80. The SMILES string of the molecule is COc1ccc(CN(c2cc(C)nn3c(C#N)cnc23)C2CN(C(=O)OC(C)(C)C)C2)cc1. The van der Waals surface area contributed by atoms with Crippen LogP contribution < -0.4 is 9.64 Å². The van der Waals surface area contributed by atoms with Crippen molar-refractivity contribution < 1.29 is 14.3 Å². The van der Waals surface area contributed by atoms with E-state index >= 15 is 0 Å². The van der Waals surface area contributed by atoms with Gasteiger partial charge in [0.1, 0.15) is 17.4 Å². The number of aromatic nitrogens is 3. The smallest absolute Gasteiger partial charge is 0.410 e. The van der Waals surface area contributed by atoms with Crippen molar-refractivity contribution in [3.05, 3.63) is 53.5 Å². The van der Waals surface area contributed by atoms with Crippen LogP contribution in [0.15, 0.2) is 36.5 Å². The molecule has 0 spiro atoms. The molecule has 1 fully saturated rings. The molecule has 0 N–H and O–H groups in total. The van der Waals surface area contributed by atoms with Crippen LogP contribution in [0, 0.1) is 18.3 Å². The van der Waals surface area contributed by atoms with E-state index in [2.05, 4.69) is 21.1 Å². The van der Waals surface area contributed by atoms with Crippen molar-refractivity contribution in [2.75, 3.05) is 25.1 Å². The van der Waals surface area contributed by atoms with Crippen LogP contribution in [0.3, 0.4) is 0 Å². The molecule has 3 heterocycles. The van der Waals surface area contributed by atoms with Crippen molar-refractivity contribution in [3.63, 3.8) is 0 Å². The van der Waals surface area contributed by atoms with Gasteiger partial charge in [-0.1, -0.05) is 12.1 Å². The molecule has 1 aromatic carbocycles. The van der Waals surface area contributed by atoms with Crippen LogP contribution in [0.2, 0.25) is 0 Å². The largest absolute Gasteiger partial charge is 0.497 e. The maximum Gasteiger partial charge on any atom is 0.410 e. The van der Waals surface area contributed by atoms with E-state index in [4.69, 9.17) is 9.47 Å². The van der Waals surface area contributed by atoms with E-state index in [1.54, 1.807) is 16.5 Å². The molecule has 0 unspecified atom stereocenters. The van der Waals surface area contributed by atoms with Gasteiger partial charge in [0.2, 0.25) is 0 Å². The van der Waals surface area contributed by atoms with Crippen LogP contribution >= 0.6 is 0 Å². The first-order valence-corrected chi connectivity index (χ1v) is 10.8. The van der Waals surface area contributed by atoms with Crippen LogP contribution in [-0.4, -0.2) is 57.4 Å². The maximum atomic E-state index is 12.5. The van der Waals surface area contributed by atoms with Gasteiger partial charge in [0.15, 0.2) is 11.3 Å². The van der Waals surface area contributed by atoms with Gasteiger partial charge in [-0.2, -0.15) is 10.4 Å². The number of nitriles is 1. The first-order valence-electron chi connectivity index (χ1n) is 10.8. The third-order valence-electron chi connectivity index (χ3n) is 5.46. The number of ether oxygens (including phenoxy) is 2. The third-order valence-corrected chi connectivity index (χ3v) is 5.46. The number of aryl methyl sites for hydroxylation is 1. The minimum atomic E-state index is -0.539. The third kappa shape index (κ3) is 4.70. The van der Waals surface area contributed by atoms with Gasteiger partial charge in [-0.3, -0.25) is 0 Å². The number of hydrogen-bond acceptors (Lipinski definition) is 7. The van der Waals surface area contributed by atoms with Gasteiger partial charge in [-0.05, 0) is 51.5 Å². The zero-order valence-electron chi connectivity index (χ0n) is 19.6. The molecule has 3 aromatic rings. The van der Waals surface area contributed by atoms with E-state index in [0.29, 0.717) is 31.0 Å². The minimum absolute atomic E-state index is 0.0625. The van der Waals surface area contributed by atoms with Gasteiger partial charge in [0, 0.05) is 19.6 Å². The topological polar surface area (TPSA) is 96.0 Å². The van der Waals surface area contributed by atoms with Gasteiger partial charge in [-0.25, -0.2) is 14.3 Å². The fraction of sp³-hybridized carbons (Fsp3) is 0.417. The molecule has 33 heavy (non-hydrogen) atoms. The highest BCUT2D eigenvalue weighted by molar-refractivity contribution is 5.73. The summed E-state index contributed by atoms with van der Waals surface area (Å²) in [6.07, 6.45) is 1.22. The Bertz CT molecular complexity index is 1200. The summed E-state index contributed by atoms with van der Waals surface area (Å²) in [5.41, 5.74) is 3.18. The summed E-state index contributed by atoms with van der Waals surface area (Å²) in [6.45, 7) is 9.14. The van der Waals surface area contributed by atoms with Gasteiger partial charge >= 0.3 is 6.09 Å². The number of benzene rings is 1. The second kappa shape index (κ2) is 8.62. The summed E-state index contributed by atoms with van der Waals surface area (Å²) in [5, 5.41) is 13.9. The van der Waals surface area contributed by atoms with Gasteiger partial charge < -0.3 is 19.3 Å². The van der Waals surface area contributed by atoms with Crippen molar-refractivity contribution in [2.24, 2.45) is 0 Å². The molecule has 1 amide bonds. The Morgan fingerprint density at radius 2 is 1.97 bits per heavy atom. The highest BCUT2D eigenvalue weighted by Crippen LogP contribution is 2.30. The van der Waals surface area contributed by atoms with E-state index < -0.39 is 5.60 Å². The summed E-state index contributed by atoms with van der Waals surface area (Å²) in [7, 11) is 1.64. The van der Waals surface area contributed by atoms with Gasteiger partial charge in [0.05, 0.1) is 30.7 Å². The number of carbonyl (C=O) groups excluding carboxylic acids is 1. The maximum absolute atomic E-state index is 12.5. The average molecular weight is 449 g/mol. The quantitative estimate of drug-likeness (QED) is 0.589. The van der Waals surface area contributed by atoms with E-state index in [0.717, 1.165) is 22.7 Å². The predicted molar refractivity (Wildman–Crippen MR) is 123 cm³/mol. The van der Waals surface area contributed by atoms with E-state index in [-0.39, 0.29) is 12.1 Å². The van der Waals surface area contributed by atoms with Crippen LogP contribution in [0.1, 0.15) is 37.7 Å². The average Bonchev–Trinajstić information content (AvgIpc) is 3.13. The van der Waals surface area contributed by atoms with Crippen LogP contribution in [0.5, 0.6) is 5.75 Å². The Labute approximate surface area is 193 Å². The fourth-order valence-corrected chi connectivity index (χ4v) is 3.82. The minimum Gasteiger partial charge on any atom is -0.497 e. The molecule has 0 atom stereocenters. The van der Waals surface area contributed by atoms with E-state index in [1.807, 2.05) is 58.0 Å². The molecule has 1 aliphatic rings. The Morgan fingerprint density at radius 3 is 2.58 bits per heavy atom. The number of imidazole rings is 1. The molecule has 1 saturated heterocycles. The summed E-state index contributed by atoms with van der Waals surface area (Å²) in [4.78, 5) is 20.9. The molecule has 9 nitrogen and oxygen atoms in total. The lowest BCUT2D eigenvalue weighted by atomic mass is 10.0. The van der Waals surface area contributed by atoms with Gasteiger partial charge in [-0.15, -0.1) is 0 Å². The molecule has 1 aliphatic heterocycles. The van der Waals surface area contributed by atoms with Crippen molar-refractivity contribution in [2.45, 2.75) is 45.9 Å². The molecule has 0 radical (unpaired) electrons. The number of rotatable bonds is 5. The summed E-state index contributed by atoms with van der Waals surface area (Å²) >= 11 is 0. The summed E-state index contributed by atoms with van der Waals surface area (Å²) in [5.74, 6) is 0.791. The van der Waals surface area contributed by atoms with Crippen molar-refractivity contribution in [3.8, 4) is 11.8 Å². The number of carbonyl (C=O) groups is 1. The Morgan fingerprint density at radius 1 is 1.27 bits per heavy atom. The number of anilines is 1. The number of amides is 1. The second-order valence-electron chi connectivity index (χ2n) is 9.18. The first kappa shape index (κ1) is 22.4. The van der Waals surface area contributed by atoms with Crippen molar-refractivity contribution in [1.29, 1.82) is 5.26 Å². The second-order valence-corrected chi connectivity index (χ2v) is 9.18. The lowest BCUT2D eigenvalue weighted by Gasteiger charge is -2.46. The molecule has 0 bridgehead atoms. The Kier molecular flexibility index (Phi) is 5.85. The number of fused-ring (bicyclic) bond motifs is 1. The number of likely N-dealkylation sites (tertiary alicyclic amines) is 1. The van der Waals surface area contributed by atoms with Crippen LogP contribution in [-0.2, 0) is 11.3 Å². The van der Waals surface area contributed by atoms with Crippen molar-refractivity contribution in [1.82, 2.24) is 19.5 Å². The number of methoxy groups -OCH3 is 1. The molecule has 0 saturated carbocycles. The first-order chi connectivity index (χ1) is 15.7. The predicted octanol–water partition coefficient (Wildman–Crippen LogP) is 3.54. The normalized spacial score (nSPS) is 14.0. The molecular formula is C24H28N6O3. The lowest BCUT2D eigenvalue weighted by molar-refractivity contribution is 0.00801. The molecule has 4 rings (SSSR count). The molecular weight excluding hydrogens is 420 g/mol. The monoisotopic (exact) mass is 448 g/mol. The highest BCUT2D eigenvalue weighted by atomic mass is 16.6. The zero-order valence-corrected chi connectivity index (χ0v) is 19.6. The lowest BCUT2D eigenvalue weighted by Crippen LogP contribution is -2.61. The highest BCUT2D eigenvalue weighted by Gasteiger charge is 2.38. The standard InChI is InChI=1S/C24H28N6O3/c1-16-10-21(22-26-12-18(11-25)30(22)27-16)29(13-17-6-8-20(32-5)9-7-17)19-14-28(15-19)23(31)33-24(2,3)4/h6-10,12,19H,13-15H2,1-5H3. The van der Waals surface area contributed by atoms with Gasteiger partial charge in [0.25, 0.3) is 0 Å². The fourth-order valence-electron chi connectivity index (χ4n) is 3.82. The van der Waals surface area contributed by atoms with E-state index in [1.165, 1.54) is 6.20 Å². The number of nitrogens with zero attached hydrogens (tertiary/aromatic N) is 6. The van der Waals surface area contributed by atoms with Crippen LogP contribution in [0.25, 0.3) is 5.65 Å². The number of hydrogen-bond donors (Lipinski definition) is 0. The summed E-state index contributed by atoms with van der Waals surface area (Å²) in [6, 6.07) is 12.1. The Balaban J connectivity index is 1.66. The van der Waals surface area contributed by atoms with Crippen molar-refractivity contribution >= 4 is 17.4 Å². The molecule has 172 valence electrons. The molecule has 0 aliphatic carbocycles. The molecule has 9 heteroatoms. The van der Waals surface area contributed by atoms with E-state index in [9.17, 15) is 10.1 Å².